The van der Waals surface area contributed by atoms with Crippen LogP contribution in [0, 0.1) is 0 Å². The van der Waals surface area contributed by atoms with Gasteiger partial charge in [-0.2, -0.15) is 4.98 Å². The standard InChI is InChI=1S/C15H17N5S/c1-15(2,3)9-4-6-10(7-5-9)21-13-11-12(18-8-17-11)19-14(16)20-13/h4-8H,1-3H3,(H3,16,17,18,19,20). The van der Waals surface area contributed by atoms with E-state index >= 15 is 0 Å². The van der Waals surface area contributed by atoms with Gasteiger partial charge in [0.05, 0.1) is 6.33 Å². The first-order valence-corrected chi connectivity index (χ1v) is 7.50. The van der Waals surface area contributed by atoms with Crippen LogP contribution in [-0.4, -0.2) is 19.9 Å². The Balaban J connectivity index is 1.93. The van der Waals surface area contributed by atoms with Gasteiger partial charge in [0, 0.05) is 4.90 Å². The van der Waals surface area contributed by atoms with Gasteiger partial charge in [-0.25, -0.2) is 9.97 Å². The molecule has 108 valence electrons. The number of benzene rings is 1. The molecule has 0 fully saturated rings. The van der Waals surface area contributed by atoms with Crippen LogP contribution in [-0.2, 0) is 5.41 Å². The topological polar surface area (TPSA) is 80.5 Å². The van der Waals surface area contributed by atoms with Crippen molar-refractivity contribution in [1.82, 2.24) is 19.9 Å². The maximum atomic E-state index is 5.73. The summed E-state index contributed by atoms with van der Waals surface area (Å²) in [5, 5.41) is 0.790. The molecule has 0 aliphatic rings. The predicted octanol–water partition coefficient (Wildman–Crippen LogP) is 3.38. The average Bonchev–Trinajstić information content (AvgIpc) is 2.86. The summed E-state index contributed by atoms with van der Waals surface area (Å²) in [7, 11) is 0. The molecule has 2 aromatic heterocycles. The number of imidazole rings is 1. The molecule has 0 saturated carbocycles. The predicted molar refractivity (Wildman–Crippen MR) is 85.4 cm³/mol. The lowest BCUT2D eigenvalue weighted by Crippen LogP contribution is -2.10. The van der Waals surface area contributed by atoms with Crippen LogP contribution in [0.3, 0.4) is 0 Å². The highest BCUT2D eigenvalue weighted by atomic mass is 32.2. The third-order valence-corrected chi connectivity index (χ3v) is 4.20. The zero-order valence-corrected chi connectivity index (χ0v) is 13.0. The summed E-state index contributed by atoms with van der Waals surface area (Å²) in [5.74, 6) is 0.239. The number of fused-ring (bicyclic) bond motifs is 1. The van der Waals surface area contributed by atoms with Crippen LogP contribution in [0.4, 0.5) is 5.95 Å². The summed E-state index contributed by atoms with van der Waals surface area (Å²) in [6.07, 6.45) is 1.60. The van der Waals surface area contributed by atoms with Crippen molar-refractivity contribution in [3.05, 3.63) is 36.2 Å². The Morgan fingerprint density at radius 2 is 1.81 bits per heavy atom. The van der Waals surface area contributed by atoms with E-state index in [0.717, 1.165) is 15.4 Å². The van der Waals surface area contributed by atoms with E-state index in [9.17, 15) is 0 Å². The molecule has 1 aromatic carbocycles. The maximum Gasteiger partial charge on any atom is 0.223 e. The fourth-order valence-electron chi connectivity index (χ4n) is 2.03. The van der Waals surface area contributed by atoms with E-state index < -0.39 is 0 Å². The molecule has 0 aliphatic heterocycles. The first-order chi connectivity index (χ1) is 9.93. The summed E-state index contributed by atoms with van der Waals surface area (Å²) in [4.78, 5) is 16.7. The Labute approximate surface area is 127 Å². The number of aromatic nitrogens is 4. The average molecular weight is 299 g/mol. The second kappa shape index (κ2) is 5.04. The molecule has 5 nitrogen and oxygen atoms in total. The lowest BCUT2D eigenvalue weighted by molar-refractivity contribution is 0.590. The summed E-state index contributed by atoms with van der Waals surface area (Å²) in [6.45, 7) is 6.61. The number of rotatable bonds is 2. The molecule has 0 saturated heterocycles. The minimum atomic E-state index is 0.152. The molecule has 0 radical (unpaired) electrons. The second-order valence-corrected chi connectivity index (χ2v) is 6.93. The molecule has 0 atom stereocenters. The van der Waals surface area contributed by atoms with E-state index in [4.69, 9.17) is 5.73 Å². The van der Waals surface area contributed by atoms with Gasteiger partial charge in [0.2, 0.25) is 5.95 Å². The lowest BCUT2D eigenvalue weighted by atomic mass is 9.87. The largest absolute Gasteiger partial charge is 0.368 e. The molecule has 3 aromatic rings. The highest BCUT2D eigenvalue weighted by Gasteiger charge is 2.14. The van der Waals surface area contributed by atoms with E-state index in [0.29, 0.717) is 5.65 Å². The molecular formula is C15H17N5S. The van der Waals surface area contributed by atoms with Crippen LogP contribution < -0.4 is 5.73 Å². The van der Waals surface area contributed by atoms with Gasteiger partial charge < -0.3 is 10.7 Å². The maximum absolute atomic E-state index is 5.73. The molecule has 21 heavy (non-hydrogen) atoms. The van der Waals surface area contributed by atoms with E-state index in [-0.39, 0.29) is 11.4 Å². The van der Waals surface area contributed by atoms with Gasteiger partial charge in [0.1, 0.15) is 10.5 Å². The number of nitrogens with two attached hydrogens (primary N) is 1. The van der Waals surface area contributed by atoms with E-state index in [1.165, 1.54) is 5.56 Å². The van der Waals surface area contributed by atoms with Crippen LogP contribution in [0.5, 0.6) is 0 Å². The highest BCUT2D eigenvalue weighted by Crippen LogP contribution is 2.32. The van der Waals surface area contributed by atoms with Crippen LogP contribution in [0.15, 0.2) is 40.5 Å². The fourth-order valence-corrected chi connectivity index (χ4v) is 2.92. The van der Waals surface area contributed by atoms with Gasteiger partial charge in [0.15, 0.2) is 5.65 Å². The van der Waals surface area contributed by atoms with Crippen LogP contribution >= 0.6 is 11.8 Å². The number of H-pyrrole nitrogens is 1. The Bertz CT molecular complexity index is 771. The van der Waals surface area contributed by atoms with Crippen molar-refractivity contribution in [2.75, 3.05) is 5.73 Å². The minimum absolute atomic E-state index is 0.152. The van der Waals surface area contributed by atoms with E-state index in [2.05, 4.69) is 65.0 Å². The third kappa shape index (κ3) is 2.85. The Hall–Kier alpha value is -2.08. The van der Waals surface area contributed by atoms with Gasteiger partial charge in [0.25, 0.3) is 0 Å². The van der Waals surface area contributed by atoms with Gasteiger partial charge in [-0.05, 0) is 23.1 Å². The normalized spacial score (nSPS) is 12.0. The smallest absolute Gasteiger partial charge is 0.223 e. The number of anilines is 1. The Morgan fingerprint density at radius 3 is 2.48 bits per heavy atom. The van der Waals surface area contributed by atoms with Crippen molar-refractivity contribution < 1.29 is 0 Å². The quantitative estimate of drug-likeness (QED) is 0.709. The fraction of sp³-hybridized carbons (Fsp3) is 0.267. The molecular weight excluding hydrogens is 282 g/mol. The summed E-state index contributed by atoms with van der Waals surface area (Å²) >= 11 is 1.55. The monoisotopic (exact) mass is 299 g/mol. The van der Waals surface area contributed by atoms with Crippen molar-refractivity contribution in [3.63, 3.8) is 0 Å². The molecule has 2 heterocycles. The van der Waals surface area contributed by atoms with E-state index in [1.54, 1.807) is 18.1 Å². The van der Waals surface area contributed by atoms with Gasteiger partial charge in [-0.15, -0.1) is 0 Å². The molecule has 3 N–H and O–H groups in total. The number of nitrogen functional groups attached to an aromatic ring is 1. The lowest BCUT2D eigenvalue weighted by Gasteiger charge is -2.19. The van der Waals surface area contributed by atoms with Crippen LogP contribution in [0.2, 0.25) is 0 Å². The van der Waals surface area contributed by atoms with Gasteiger partial charge in [-0.1, -0.05) is 44.7 Å². The van der Waals surface area contributed by atoms with Crippen molar-refractivity contribution in [2.45, 2.75) is 36.1 Å². The molecule has 0 unspecified atom stereocenters. The number of aromatic amines is 1. The van der Waals surface area contributed by atoms with Crippen molar-refractivity contribution in [3.8, 4) is 0 Å². The molecule has 6 heteroatoms. The Morgan fingerprint density at radius 1 is 1.10 bits per heavy atom. The minimum Gasteiger partial charge on any atom is -0.368 e. The number of nitrogens with one attached hydrogen (secondary N) is 1. The van der Waals surface area contributed by atoms with Crippen molar-refractivity contribution in [1.29, 1.82) is 0 Å². The first kappa shape index (κ1) is 13.9. The zero-order chi connectivity index (χ0) is 15.0. The summed E-state index contributed by atoms with van der Waals surface area (Å²) in [5.41, 5.74) is 8.60. The van der Waals surface area contributed by atoms with Crippen LogP contribution in [0.1, 0.15) is 26.3 Å². The van der Waals surface area contributed by atoms with Crippen molar-refractivity contribution in [2.24, 2.45) is 0 Å². The Kier molecular flexibility index (Phi) is 3.33. The third-order valence-electron chi connectivity index (χ3n) is 3.20. The molecule has 3 rings (SSSR count). The summed E-state index contributed by atoms with van der Waals surface area (Å²) < 4.78 is 0. The second-order valence-electron chi connectivity index (χ2n) is 5.86. The summed E-state index contributed by atoms with van der Waals surface area (Å²) in [6, 6.07) is 8.51. The molecule has 0 amide bonds. The van der Waals surface area contributed by atoms with Crippen LogP contribution in [0.25, 0.3) is 11.2 Å². The first-order valence-electron chi connectivity index (χ1n) is 6.68. The SMILES string of the molecule is CC(C)(C)c1ccc(Sc2nc(N)nc3nc[nH]c23)cc1. The highest BCUT2D eigenvalue weighted by molar-refractivity contribution is 7.99. The molecule has 0 aliphatic carbocycles. The number of hydrogen-bond donors (Lipinski definition) is 2. The number of nitrogens with zero attached hydrogens (tertiary/aromatic N) is 3. The van der Waals surface area contributed by atoms with Gasteiger partial charge in [-0.3, -0.25) is 0 Å². The molecule has 0 spiro atoms. The van der Waals surface area contributed by atoms with Crippen molar-refractivity contribution >= 4 is 28.9 Å². The van der Waals surface area contributed by atoms with Gasteiger partial charge >= 0.3 is 0 Å². The number of hydrogen-bond acceptors (Lipinski definition) is 5. The zero-order valence-electron chi connectivity index (χ0n) is 12.2. The van der Waals surface area contributed by atoms with E-state index in [1.807, 2.05) is 0 Å². The molecule has 0 bridgehead atoms.